The number of nitrogens with zero attached hydrogens (tertiary/aromatic N) is 1. The number of aryl methyl sites for hydroxylation is 1. The molecule has 1 aromatic heterocycles. The van der Waals surface area contributed by atoms with Gasteiger partial charge in [0.2, 0.25) is 11.2 Å². The molecule has 0 saturated heterocycles. The highest BCUT2D eigenvalue weighted by atomic mass is 16.5. The van der Waals surface area contributed by atoms with E-state index in [1.807, 2.05) is 31.2 Å². The van der Waals surface area contributed by atoms with E-state index < -0.39 is 0 Å². The van der Waals surface area contributed by atoms with Crippen molar-refractivity contribution in [3.8, 4) is 17.2 Å². The number of pyridine rings is 1. The smallest absolute Gasteiger partial charge is 0.212 e. The number of ether oxygens (including phenoxy) is 3. The van der Waals surface area contributed by atoms with Crippen LogP contribution in [0.5, 0.6) is 17.2 Å². The van der Waals surface area contributed by atoms with Gasteiger partial charge in [0.1, 0.15) is 12.8 Å². The van der Waals surface area contributed by atoms with Crippen molar-refractivity contribution in [2.45, 2.75) is 6.92 Å². The summed E-state index contributed by atoms with van der Waals surface area (Å²) >= 11 is 0. The normalized spacial score (nSPS) is 11.1. The van der Waals surface area contributed by atoms with E-state index in [-0.39, 0.29) is 0 Å². The number of aromatic nitrogens is 1. The Morgan fingerprint density at radius 3 is 2.42 bits per heavy atom. The molecule has 134 valence electrons. The molecule has 0 atom stereocenters. The molecular formula is C22H24NO3+. The summed E-state index contributed by atoms with van der Waals surface area (Å²) in [5.41, 5.74) is 3.31. The molecule has 0 saturated carbocycles. The number of fused-ring (bicyclic) bond motifs is 1. The summed E-state index contributed by atoms with van der Waals surface area (Å²) in [6.07, 6.45) is 4.16. The molecule has 0 unspecified atom stereocenters. The Kier molecular flexibility index (Phi) is 5.42. The van der Waals surface area contributed by atoms with Crippen molar-refractivity contribution in [2.24, 2.45) is 7.05 Å². The van der Waals surface area contributed by atoms with Crippen LogP contribution in [0.2, 0.25) is 0 Å². The Morgan fingerprint density at radius 2 is 1.69 bits per heavy atom. The molecule has 0 spiro atoms. The summed E-state index contributed by atoms with van der Waals surface area (Å²) in [5.74, 6) is 2.35. The molecule has 0 fully saturated rings. The first-order chi connectivity index (χ1) is 12.7. The van der Waals surface area contributed by atoms with Gasteiger partial charge in [-0.3, -0.25) is 0 Å². The van der Waals surface area contributed by atoms with Crippen molar-refractivity contribution in [2.75, 3.05) is 20.8 Å². The topological polar surface area (TPSA) is 31.6 Å². The third-order valence-electron chi connectivity index (χ3n) is 4.35. The SMILES string of the molecule is CCOc1ccc2c(ccc(C=Cc3ccc(OC)c(OC)c3)[n+]2C)c1. The van der Waals surface area contributed by atoms with Gasteiger partial charge in [-0.25, -0.2) is 0 Å². The second kappa shape index (κ2) is 7.91. The molecule has 3 rings (SSSR count). The van der Waals surface area contributed by atoms with Gasteiger partial charge in [0.25, 0.3) is 0 Å². The lowest BCUT2D eigenvalue weighted by atomic mass is 10.1. The number of benzene rings is 2. The van der Waals surface area contributed by atoms with Gasteiger partial charge in [-0.2, -0.15) is 4.57 Å². The van der Waals surface area contributed by atoms with E-state index in [0.29, 0.717) is 6.61 Å². The number of methoxy groups -OCH3 is 2. The largest absolute Gasteiger partial charge is 0.494 e. The minimum absolute atomic E-state index is 0.670. The van der Waals surface area contributed by atoms with Gasteiger partial charge in [-0.15, -0.1) is 0 Å². The molecule has 0 aliphatic heterocycles. The van der Waals surface area contributed by atoms with Gasteiger partial charge in [0.05, 0.1) is 26.2 Å². The van der Waals surface area contributed by atoms with Crippen LogP contribution in [0.3, 0.4) is 0 Å². The number of rotatable bonds is 6. The third kappa shape index (κ3) is 3.64. The summed E-state index contributed by atoms with van der Waals surface area (Å²) in [4.78, 5) is 0. The molecule has 1 heterocycles. The minimum Gasteiger partial charge on any atom is -0.494 e. The highest BCUT2D eigenvalue weighted by Gasteiger charge is 2.10. The van der Waals surface area contributed by atoms with Crippen LogP contribution in [0.25, 0.3) is 23.1 Å². The standard InChI is InChI=1S/C22H24NO3/c1-5-26-19-11-12-20-17(15-19)8-10-18(23(20)2)9-6-16-7-13-21(24-3)22(14-16)25-4/h6-15H,5H2,1-4H3/q+1. The molecule has 0 aliphatic rings. The first-order valence-electron chi connectivity index (χ1n) is 8.62. The zero-order valence-corrected chi connectivity index (χ0v) is 15.7. The van der Waals surface area contributed by atoms with E-state index >= 15 is 0 Å². The highest BCUT2D eigenvalue weighted by Crippen LogP contribution is 2.28. The van der Waals surface area contributed by atoms with Gasteiger partial charge in [-0.05, 0) is 48.9 Å². The van der Waals surface area contributed by atoms with Crippen LogP contribution in [0.4, 0.5) is 0 Å². The van der Waals surface area contributed by atoms with Crippen LogP contribution in [0.1, 0.15) is 18.2 Å². The lowest BCUT2D eigenvalue weighted by molar-refractivity contribution is -0.646. The molecule has 0 bridgehead atoms. The zero-order chi connectivity index (χ0) is 18.5. The van der Waals surface area contributed by atoms with Crippen molar-refractivity contribution < 1.29 is 18.8 Å². The second-order valence-electron chi connectivity index (χ2n) is 5.92. The van der Waals surface area contributed by atoms with E-state index in [0.717, 1.165) is 39.4 Å². The van der Waals surface area contributed by atoms with Crippen molar-refractivity contribution in [3.05, 3.63) is 59.8 Å². The minimum atomic E-state index is 0.670. The molecule has 0 amide bonds. The van der Waals surface area contributed by atoms with E-state index in [1.165, 1.54) is 0 Å². The van der Waals surface area contributed by atoms with E-state index in [4.69, 9.17) is 14.2 Å². The fourth-order valence-electron chi connectivity index (χ4n) is 2.96. The van der Waals surface area contributed by atoms with Crippen LogP contribution in [-0.2, 0) is 7.05 Å². The van der Waals surface area contributed by atoms with Crippen LogP contribution in [0.15, 0.2) is 48.5 Å². The highest BCUT2D eigenvalue weighted by molar-refractivity contribution is 5.79. The molecule has 0 radical (unpaired) electrons. The third-order valence-corrected chi connectivity index (χ3v) is 4.35. The first-order valence-corrected chi connectivity index (χ1v) is 8.62. The summed E-state index contributed by atoms with van der Waals surface area (Å²) in [5, 5.41) is 1.15. The quantitative estimate of drug-likeness (QED) is 0.623. The molecule has 4 nitrogen and oxygen atoms in total. The fraction of sp³-hybridized carbons (Fsp3) is 0.227. The summed E-state index contributed by atoms with van der Waals surface area (Å²) in [7, 11) is 5.35. The molecule has 3 aromatic rings. The summed E-state index contributed by atoms with van der Waals surface area (Å²) < 4.78 is 18.4. The van der Waals surface area contributed by atoms with Crippen molar-refractivity contribution in [3.63, 3.8) is 0 Å². The number of hydrogen-bond donors (Lipinski definition) is 0. The van der Waals surface area contributed by atoms with E-state index in [1.54, 1.807) is 14.2 Å². The molecule has 0 aliphatic carbocycles. The summed E-state index contributed by atoms with van der Waals surface area (Å²) in [6.45, 7) is 2.66. The van der Waals surface area contributed by atoms with Gasteiger partial charge in [0, 0.05) is 18.2 Å². The molecule has 2 aromatic carbocycles. The summed E-state index contributed by atoms with van der Waals surface area (Å²) in [6, 6.07) is 16.3. The Bertz CT molecular complexity index is 948. The second-order valence-corrected chi connectivity index (χ2v) is 5.92. The van der Waals surface area contributed by atoms with Gasteiger partial charge in [-0.1, -0.05) is 6.07 Å². The van der Waals surface area contributed by atoms with Gasteiger partial charge >= 0.3 is 0 Å². The fourth-order valence-corrected chi connectivity index (χ4v) is 2.96. The van der Waals surface area contributed by atoms with E-state index in [9.17, 15) is 0 Å². The number of hydrogen-bond acceptors (Lipinski definition) is 3. The maximum Gasteiger partial charge on any atom is 0.212 e. The van der Waals surface area contributed by atoms with Crippen LogP contribution in [-0.4, -0.2) is 20.8 Å². The monoisotopic (exact) mass is 350 g/mol. The first kappa shape index (κ1) is 17.8. The Balaban J connectivity index is 1.92. The molecular weight excluding hydrogens is 326 g/mol. The maximum absolute atomic E-state index is 5.58. The Labute approximate surface area is 154 Å². The predicted molar refractivity (Wildman–Crippen MR) is 105 cm³/mol. The molecule has 0 N–H and O–H groups in total. The lowest BCUT2D eigenvalue weighted by Crippen LogP contribution is -2.32. The van der Waals surface area contributed by atoms with Crippen molar-refractivity contribution in [1.29, 1.82) is 0 Å². The van der Waals surface area contributed by atoms with Gasteiger partial charge in [0.15, 0.2) is 11.5 Å². The average Bonchev–Trinajstić information content (AvgIpc) is 2.67. The predicted octanol–water partition coefficient (Wildman–Crippen LogP) is 4.25. The Morgan fingerprint density at radius 1 is 0.885 bits per heavy atom. The van der Waals surface area contributed by atoms with Crippen LogP contribution >= 0.6 is 0 Å². The van der Waals surface area contributed by atoms with Gasteiger partial charge < -0.3 is 14.2 Å². The molecule has 4 heteroatoms. The van der Waals surface area contributed by atoms with Crippen LogP contribution < -0.4 is 18.8 Å². The van der Waals surface area contributed by atoms with Crippen molar-refractivity contribution >= 4 is 23.1 Å². The lowest BCUT2D eigenvalue weighted by Gasteiger charge is -2.07. The maximum atomic E-state index is 5.58. The average molecular weight is 350 g/mol. The van der Waals surface area contributed by atoms with Crippen LogP contribution in [0, 0.1) is 0 Å². The Hall–Kier alpha value is -3.01. The van der Waals surface area contributed by atoms with Crippen molar-refractivity contribution in [1.82, 2.24) is 0 Å². The van der Waals surface area contributed by atoms with E-state index in [2.05, 4.69) is 48.0 Å². The molecule has 26 heavy (non-hydrogen) atoms. The zero-order valence-electron chi connectivity index (χ0n) is 15.7.